The maximum absolute atomic E-state index is 7.71. The van der Waals surface area contributed by atoms with Crippen molar-refractivity contribution in [1.29, 1.82) is 0 Å². The first kappa shape index (κ1) is 61.0. The number of hydrogen-bond donors (Lipinski definition) is 0. The van der Waals surface area contributed by atoms with Crippen molar-refractivity contribution in [3.8, 4) is 78.3 Å². The Morgan fingerprint density at radius 1 is 0.271 bits per heavy atom. The zero-order valence-electron chi connectivity index (χ0n) is 58.7. The van der Waals surface area contributed by atoms with Crippen molar-refractivity contribution in [2.24, 2.45) is 0 Å². The van der Waals surface area contributed by atoms with E-state index in [4.69, 9.17) is 4.74 Å². The summed E-state index contributed by atoms with van der Waals surface area (Å²) in [5.74, 6) is 1.74. The molecule has 0 fully saturated rings. The molecule has 2 aliphatic heterocycles. The fourth-order valence-corrected chi connectivity index (χ4v) is 18.7. The molecule has 3 nitrogen and oxygen atoms in total. The molecule has 2 aliphatic rings. The molecule has 4 heteroatoms. The summed E-state index contributed by atoms with van der Waals surface area (Å²) in [4.78, 5) is 5.15. The van der Waals surface area contributed by atoms with E-state index in [1.807, 2.05) is 0 Å². The average molecular weight is 1360 g/mol. The second-order valence-electron chi connectivity index (χ2n) is 29.2. The predicted octanol–water partition coefficient (Wildman–Crippen LogP) is 25.4. The van der Waals surface area contributed by atoms with Gasteiger partial charge in [0.2, 0.25) is 0 Å². The molecule has 0 unspecified atom stereocenters. The lowest BCUT2D eigenvalue weighted by molar-refractivity contribution is 0.486. The smallest absolute Gasteiger partial charge is 0.256 e. The van der Waals surface area contributed by atoms with Gasteiger partial charge in [0.05, 0.1) is 0 Å². The van der Waals surface area contributed by atoms with Crippen LogP contribution >= 0.6 is 0 Å². The molecule has 20 aromatic rings. The Hall–Kier alpha value is -13.5. The van der Waals surface area contributed by atoms with Crippen LogP contribution in [0.2, 0.25) is 0 Å². The van der Waals surface area contributed by atoms with Crippen LogP contribution in [0.3, 0.4) is 0 Å². The van der Waals surface area contributed by atoms with Crippen LogP contribution in [0.4, 0.5) is 22.7 Å². The van der Waals surface area contributed by atoms with Gasteiger partial charge in [-0.2, -0.15) is 0 Å². The zero-order valence-corrected chi connectivity index (χ0v) is 58.7. The Kier molecular flexibility index (Phi) is 14.0. The second kappa shape index (κ2) is 24.6. The van der Waals surface area contributed by atoms with Gasteiger partial charge in [-0.1, -0.05) is 322 Å². The molecule has 0 radical (unpaired) electrons. The molecule has 0 saturated carbocycles. The lowest BCUT2D eigenvalue weighted by Gasteiger charge is -2.41. The van der Waals surface area contributed by atoms with Gasteiger partial charge in [0.15, 0.2) is 0 Å². The Labute approximate surface area is 621 Å². The van der Waals surface area contributed by atoms with Crippen molar-refractivity contribution in [2.45, 2.75) is 13.0 Å². The summed E-state index contributed by atoms with van der Waals surface area (Å²) in [7, 11) is 0. The molecule has 0 N–H and O–H groups in total. The molecule has 0 spiro atoms. The van der Waals surface area contributed by atoms with Gasteiger partial charge in [-0.3, -0.25) is 0 Å². The van der Waals surface area contributed by atoms with Gasteiger partial charge in [0.1, 0.15) is 11.5 Å². The van der Waals surface area contributed by atoms with Crippen LogP contribution in [0.5, 0.6) is 11.5 Å². The SMILES string of the molecule is c1ccc(-c2ccc(N(Cc3cc4c5c(c3)N(CCc3c(-c6ccccc6)cccc3-c3ccccc3)c3ccc(-c6ccc7c8cccc9cccc(c%10cccc6c%107)c98)cc3B5c3cc(-c5ccc6c7cccc8cccc(c9cccc5c96)c87)ccc3O4)c3ccc(-c4ccccc4)cc3)cc2)cc1. The van der Waals surface area contributed by atoms with E-state index in [9.17, 15) is 0 Å². The van der Waals surface area contributed by atoms with Crippen molar-refractivity contribution in [3.63, 3.8) is 0 Å². The number of nitrogens with zero attached hydrogens (tertiary/aromatic N) is 2. The van der Waals surface area contributed by atoms with E-state index in [0.717, 1.165) is 51.6 Å². The molecule has 2 heterocycles. The molecule has 0 saturated heterocycles. The molecule has 107 heavy (non-hydrogen) atoms. The summed E-state index contributed by atoms with van der Waals surface area (Å²) in [6, 6.07) is 138. The predicted molar refractivity (Wildman–Crippen MR) is 455 cm³/mol. The summed E-state index contributed by atoms with van der Waals surface area (Å²) in [6.07, 6.45) is 0.753. The number of hydrogen-bond acceptors (Lipinski definition) is 3. The first-order valence-corrected chi connectivity index (χ1v) is 37.5. The van der Waals surface area contributed by atoms with Crippen LogP contribution in [0.25, 0.3) is 153 Å². The third-order valence-corrected chi connectivity index (χ3v) is 23.4. The molecule has 0 aromatic heterocycles. The van der Waals surface area contributed by atoms with E-state index < -0.39 is 0 Å². The van der Waals surface area contributed by atoms with Crippen LogP contribution in [0.15, 0.2) is 370 Å². The third-order valence-electron chi connectivity index (χ3n) is 23.4. The van der Waals surface area contributed by atoms with Crippen LogP contribution in [-0.4, -0.2) is 13.3 Å². The maximum Gasteiger partial charge on any atom is 0.256 e. The van der Waals surface area contributed by atoms with Gasteiger partial charge < -0.3 is 14.5 Å². The van der Waals surface area contributed by atoms with Gasteiger partial charge >= 0.3 is 0 Å². The molecular formula is C103H67BN2O. The minimum atomic E-state index is -0.221. The quantitative estimate of drug-likeness (QED) is 0.0650. The normalized spacial score (nSPS) is 12.4. The molecule has 0 bridgehead atoms. The van der Waals surface area contributed by atoms with Gasteiger partial charge in [0, 0.05) is 35.8 Å². The minimum Gasteiger partial charge on any atom is -0.458 e. The Bertz CT molecular complexity index is 6680. The molecule has 498 valence electrons. The third kappa shape index (κ3) is 9.83. The van der Waals surface area contributed by atoms with Gasteiger partial charge in [0.25, 0.3) is 6.71 Å². The Morgan fingerprint density at radius 3 is 1.17 bits per heavy atom. The molecule has 22 rings (SSSR count). The van der Waals surface area contributed by atoms with Crippen LogP contribution in [0.1, 0.15) is 11.1 Å². The van der Waals surface area contributed by atoms with E-state index in [2.05, 4.69) is 380 Å². The van der Waals surface area contributed by atoms with E-state index in [1.54, 1.807) is 0 Å². The van der Waals surface area contributed by atoms with Gasteiger partial charge in [-0.15, -0.1) is 0 Å². The fourth-order valence-electron chi connectivity index (χ4n) is 18.7. The molecule has 0 atom stereocenters. The monoisotopic (exact) mass is 1360 g/mol. The Morgan fingerprint density at radius 2 is 0.673 bits per heavy atom. The molecule has 0 aliphatic carbocycles. The van der Waals surface area contributed by atoms with Crippen LogP contribution < -0.4 is 30.9 Å². The van der Waals surface area contributed by atoms with Crippen molar-refractivity contribution < 1.29 is 4.74 Å². The Balaban J connectivity index is 0.768. The highest BCUT2D eigenvalue weighted by Gasteiger charge is 2.43. The summed E-state index contributed by atoms with van der Waals surface area (Å²) < 4.78 is 7.71. The highest BCUT2D eigenvalue weighted by Crippen LogP contribution is 2.48. The summed E-state index contributed by atoms with van der Waals surface area (Å²) in [6.45, 7) is 1.03. The van der Waals surface area contributed by atoms with Gasteiger partial charge in [-0.05, 0) is 235 Å². The number of benzene rings is 20. The number of fused-ring (bicyclic) bond motifs is 8. The molecule has 20 aromatic carbocycles. The van der Waals surface area contributed by atoms with Gasteiger partial charge in [-0.25, -0.2) is 0 Å². The standard InChI is InChI=1S/C103H67BN2O/c1-5-20-66(21-6-1)68-42-48-76(49-43-68)106(77-50-44-69(45-51-77)67-22-7-2-8-23-67)64-65-60-96-103-98(61-65)107-97-57-47-75(81-53-55-92-88-37-16-31-73-29-14-35-86(100(73)88)90-41-19-39-84(81)102(90)92)63-94(97)104(103)93-62-74(80-52-54-91-87-36-15-30-72-28-13-34-85(99(72)87)89-40-18-38-83(80)101(89)91)46-56-95(93)105(96)59-58-82-78(70-24-9-3-10-25-70)32-17-33-79(82)71-26-11-4-12-27-71/h1-57,60-63H,58-59,64H2. The summed E-state index contributed by atoms with van der Waals surface area (Å²) >= 11 is 0. The molecule has 0 amide bonds. The van der Waals surface area contributed by atoms with E-state index in [1.165, 1.54) is 170 Å². The summed E-state index contributed by atoms with van der Waals surface area (Å²) in [5.41, 5.74) is 25.0. The molecular weight excluding hydrogens is 1290 g/mol. The first-order valence-electron chi connectivity index (χ1n) is 37.5. The first-order chi connectivity index (χ1) is 53.1. The highest BCUT2D eigenvalue weighted by molar-refractivity contribution is 6.99. The lowest BCUT2D eigenvalue weighted by Crippen LogP contribution is -2.60. The highest BCUT2D eigenvalue weighted by atomic mass is 16.5. The topological polar surface area (TPSA) is 15.7 Å². The largest absolute Gasteiger partial charge is 0.458 e. The van der Waals surface area contributed by atoms with Crippen LogP contribution in [0, 0.1) is 0 Å². The number of rotatable bonds is 13. The van der Waals surface area contributed by atoms with E-state index >= 15 is 0 Å². The van der Waals surface area contributed by atoms with E-state index in [0.29, 0.717) is 13.1 Å². The number of anilines is 4. The zero-order chi connectivity index (χ0) is 70.2. The number of ether oxygens (including phenoxy) is 1. The average Bonchev–Trinajstić information content (AvgIpc) is 0.715. The van der Waals surface area contributed by atoms with Crippen molar-refractivity contribution in [2.75, 3.05) is 16.3 Å². The van der Waals surface area contributed by atoms with E-state index in [-0.39, 0.29) is 6.71 Å². The minimum absolute atomic E-state index is 0.221. The fraction of sp³-hybridized carbons (Fsp3) is 0.0291. The van der Waals surface area contributed by atoms with Crippen molar-refractivity contribution in [3.05, 3.63) is 381 Å². The summed E-state index contributed by atoms with van der Waals surface area (Å²) in [5, 5.41) is 20.6. The maximum atomic E-state index is 7.71. The second-order valence-corrected chi connectivity index (χ2v) is 29.2. The van der Waals surface area contributed by atoms with Crippen molar-refractivity contribution >= 4 is 132 Å². The van der Waals surface area contributed by atoms with Crippen molar-refractivity contribution in [1.82, 2.24) is 0 Å². The lowest BCUT2D eigenvalue weighted by atomic mass is 9.34. The van der Waals surface area contributed by atoms with Crippen LogP contribution in [-0.2, 0) is 13.0 Å².